The van der Waals surface area contributed by atoms with Crippen LogP contribution in [0.3, 0.4) is 0 Å². The summed E-state index contributed by atoms with van der Waals surface area (Å²) >= 11 is 0. The van der Waals surface area contributed by atoms with E-state index in [1.807, 2.05) is 22.9 Å². The van der Waals surface area contributed by atoms with E-state index in [1.165, 1.54) is 30.4 Å². The highest BCUT2D eigenvalue weighted by molar-refractivity contribution is 5.76. The lowest BCUT2D eigenvalue weighted by Gasteiger charge is -2.53. The number of nitrogens with zero attached hydrogens (tertiary/aromatic N) is 2. The Hall–Kier alpha value is -2.01. The molecule has 5 heteroatoms. The lowest BCUT2D eigenvalue weighted by molar-refractivity contribution is 0.0184. The average molecular weight is 370 g/mol. The van der Waals surface area contributed by atoms with E-state index in [1.54, 1.807) is 0 Å². The molecule has 1 aliphatic carbocycles. The van der Waals surface area contributed by atoms with E-state index in [4.69, 9.17) is 4.74 Å². The van der Waals surface area contributed by atoms with Gasteiger partial charge in [0.05, 0.1) is 12.1 Å². The first kappa shape index (κ1) is 18.4. The van der Waals surface area contributed by atoms with E-state index in [0.717, 1.165) is 44.8 Å². The van der Waals surface area contributed by atoms with Gasteiger partial charge < -0.3 is 19.9 Å². The standard InChI is InChI=1S/C22H31N3O2/c1-3-4-10-22(23-2)15-25(16-22)21(26)24-12-17(13-24)14-27-20-9-8-18-6-5-7-19(18)11-20/h3,8-9,11,17,23H,1,4-7,10,12-16H2,2H3. The molecule has 2 saturated heterocycles. The minimum atomic E-state index is 0.0742. The molecule has 4 rings (SSSR count). The van der Waals surface area contributed by atoms with E-state index >= 15 is 0 Å². The van der Waals surface area contributed by atoms with E-state index in [-0.39, 0.29) is 11.6 Å². The van der Waals surface area contributed by atoms with Crippen molar-refractivity contribution in [3.63, 3.8) is 0 Å². The molecule has 2 aliphatic heterocycles. The number of nitrogens with one attached hydrogen (secondary N) is 1. The molecule has 1 aromatic rings. The maximum atomic E-state index is 12.6. The summed E-state index contributed by atoms with van der Waals surface area (Å²) in [5.74, 6) is 1.42. The van der Waals surface area contributed by atoms with Gasteiger partial charge in [0.2, 0.25) is 0 Å². The van der Waals surface area contributed by atoms with Gasteiger partial charge in [0.1, 0.15) is 5.75 Å². The van der Waals surface area contributed by atoms with E-state index in [0.29, 0.717) is 12.5 Å². The second-order valence-corrected chi connectivity index (χ2v) is 8.36. The maximum Gasteiger partial charge on any atom is 0.320 e. The van der Waals surface area contributed by atoms with Crippen molar-refractivity contribution in [2.45, 2.75) is 37.6 Å². The number of carbonyl (C=O) groups is 1. The maximum absolute atomic E-state index is 12.6. The quantitative estimate of drug-likeness (QED) is 0.752. The zero-order valence-corrected chi connectivity index (χ0v) is 16.4. The Morgan fingerprint density at radius 2 is 2.07 bits per heavy atom. The van der Waals surface area contributed by atoms with Crippen molar-refractivity contribution < 1.29 is 9.53 Å². The van der Waals surface area contributed by atoms with Crippen LogP contribution in [0.25, 0.3) is 0 Å². The number of ether oxygens (including phenoxy) is 1. The number of allylic oxidation sites excluding steroid dienone is 1. The summed E-state index contributed by atoms with van der Waals surface area (Å²) in [5, 5.41) is 3.39. The van der Waals surface area contributed by atoms with Gasteiger partial charge in [0.25, 0.3) is 0 Å². The van der Waals surface area contributed by atoms with Crippen LogP contribution < -0.4 is 10.1 Å². The first-order chi connectivity index (χ1) is 13.1. The first-order valence-corrected chi connectivity index (χ1v) is 10.2. The lowest BCUT2D eigenvalue weighted by atomic mass is 9.85. The second-order valence-electron chi connectivity index (χ2n) is 8.36. The Labute approximate surface area is 162 Å². The zero-order chi connectivity index (χ0) is 18.9. The molecule has 1 aromatic carbocycles. The fraction of sp³-hybridized carbons (Fsp3) is 0.591. The third-order valence-corrected chi connectivity index (χ3v) is 6.40. The van der Waals surface area contributed by atoms with E-state index < -0.39 is 0 Å². The van der Waals surface area contributed by atoms with Gasteiger partial charge in [-0.1, -0.05) is 12.1 Å². The largest absolute Gasteiger partial charge is 0.493 e. The van der Waals surface area contributed by atoms with Gasteiger partial charge in [0.15, 0.2) is 0 Å². The second kappa shape index (κ2) is 7.55. The van der Waals surface area contributed by atoms with Crippen molar-refractivity contribution in [2.24, 2.45) is 5.92 Å². The third kappa shape index (κ3) is 3.70. The average Bonchev–Trinajstić information content (AvgIpc) is 3.07. The SMILES string of the molecule is C=CCCC1(NC)CN(C(=O)N2CC(COc3ccc4c(c3)CCC4)C2)C1. The minimum Gasteiger partial charge on any atom is -0.493 e. The molecule has 0 aromatic heterocycles. The van der Waals surface area contributed by atoms with Crippen molar-refractivity contribution in [3.05, 3.63) is 42.0 Å². The van der Waals surface area contributed by atoms with Crippen molar-refractivity contribution >= 4 is 6.03 Å². The number of hydrogen-bond donors (Lipinski definition) is 1. The van der Waals surface area contributed by atoms with Crippen molar-refractivity contribution in [1.29, 1.82) is 0 Å². The molecule has 27 heavy (non-hydrogen) atoms. The van der Waals surface area contributed by atoms with Crippen molar-refractivity contribution in [2.75, 3.05) is 39.8 Å². The molecule has 0 bridgehead atoms. The predicted octanol–water partition coefficient (Wildman–Crippen LogP) is 2.85. The first-order valence-electron chi connectivity index (χ1n) is 10.2. The summed E-state index contributed by atoms with van der Waals surface area (Å²) in [5.41, 5.74) is 2.99. The van der Waals surface area contributed by atoms with Crippen LogP contribution in [0.5, 0.6) is 5.75 Å². The summed E-state index contributed by atoms with van der Waals surface area (Å²) in [7, 11) is 1.99. The van der Waals surface area contributed by atoms with Crippen LogP contribution in [0.4, 0.5) is 4.79 Å². The minimum absolute atomic E-state index is 0.0742. The molecule has 2 fully saturated rings. The Bertz CT molecular complexity index is 706. The number of likely N-dealkylation sites (N-methyl/N-ethyl adjacent to an activating group) is 1. The molecule has 2 amide bonds. The number of likely N-dealkylation sites (tertiary alicyclic amines) is 2. The monoisotopic (exact) mass is 369 g/mol. The van der Waals surface area contributed by atoms with E-state index in [9.17, 15) is 4.79 Å². The Kier molecular flexibility index (Phi) is 5.13. The van der Waals surface area contributed by atoms with Gasteiger partial charge >= 0.3 is 6.03 Å². The molecular weight excluding hydrogens is 338 g/mol. The van der Waals surface area contributed by atoms with Crippen molar-refractivity contribution in [3.8, 4) is 5.75 Å². The smallest absolute Gasteiger partial charge is 0.320 e. The third-order valence-electron chi connectivity index (χ3n) is 6.40. The van der Waals surface area contributed by atoms with Crippen LogP contribution >= 0.6 is 0 Å². The molecule has 0 unspecified atom stereocenters. The highest BCUT2D eigenvalue weighted by Gasteiger charge is 2.46. The summed E-state index contributed by atoms with van der Waals surface area (Å²) in [6.45, 7) is 7.69. The molecule has 1 N–H and O–H groups in total. The van der Waals surface area contributed by atoms with Crippen LogP contribution in [0, 0.1) is 5.92 Å². The Morgan fingerprint density at radius 3 is 2.81 bits per heavy atom. The molecule has 0 radical (unpaired) electrons. The summed E-state index contributed by atoms with van der Waals surface area (Å²) in [6.07, 6.45) is 7.61. The highest BCUT2D eigenvalue weighted by atomic mass is 16.5. The number of benzene rings is 1. The normalized spacial score (nSPS) is 20.6. The van der Waals surface area contributed by atoms with Crippen LogP contribution in [0.1, 0.15) is 30.4 Å². The number of hydrogen-bond acceptors (Lipinski definition) is 3. The molecular formula is C22H31N3O2. The fourth-order valence-corrected chi connectivity index (χ4v) is 4.52. The van der Waals surface area contributed by atoms with Gasteiger partial charge in [0, 0.05) is 32.1 Å². The molecule has 5 nitrogen and oxygen atoms in total. The molecule has 3 aliphatic rings. The van der Waals surface area contributed by atoms with Crippen LogP contribution in [0.2, 0.25) is 0 Å². The topological polar surface area (TPSA) is 44.8 Å². The van der Waals surface area contributed by atoms with Gasteiger partial charge in [-0.2, -0.15) is 0 Å². The predicted molar refractivity (Wildman–Crippen MR) is 107 cm³/mol. The number of rotatable bonds is 7. The number of amides is 2. The van der Waals surface area contributed by atoms with Gasteiger partial charge in [-0.15, -0.1) is 6.58 Å². The van der Waals surface area contributed by atoms with Gasteiger partial charge in [-0.25, -0.2) is 4.79 Å². The van der Waals surface area contributed by atoms with Crippen LogP contribution in [-0.4, -0.2) is 61.2 Å². The summed E-state index contributed by atoms with van der Waals surface area (Å²) in [4.78, 5) is 16.5. The fourth-order valence-electron chi connectivity index (χ4n) is 4.52. The van der Waals surface area contributed by atoms with Gasteiger partial charge in [-0.3, -0.25) is 0 Å². The molecule has 0 atom stereocenters. The number of fused-ring (bicyclic) bond motifs is 1. The highest BCUT2D eigenvalue weighted by Crippen LogP contribution is 2.30. The molecule has 0 spiro atoms. The lowest BCUT2D eigenvalue weighted by Crippen LogP contribution is -2.72. The molecule has 146 valence electrons. The number of urea groups is 1. The summed E-state index contributed by atoms with van der Waals surface area (Å²) in [6, 6.07) is 6.67. The van der Waals surface area contributed by atoms with Crippen molar-refractivity contribution in [1.82, 2.24) is 15.1 Å². The number of carbonyl (C=O) groups excluding carboxylic acids is 1. The molecule has 2 heterocycles. The van der Waals surface area contributed by atoms with Crippen LogP contribution in [-0.2, 0) is 12.8 Å². The Balaban J connectivity index is 1.19. The zero-order valence-electron chi connectivity index (χ0n) is 16.4. The Morgan fingerprint density at radius 1 is 1.30 bits per heavy atom. The van der Waals surface area contributed by atoms with Gasteiger partial charge in [-0.05, 0) is 62.4 Å². The number of aryl methyl sites for hydroxylation is 2. The summed E-state index contributed by atoms with van der Waals surface area (Å²) < 4.78 is 5.99. The van der Waals surface area contributed by atoms with E-state index in [2.05, 4.69) is 30.1 Å². The van der Waals surface area contributed by atoms with Crippen LogP contribution in [0.15, 0.2) is 30.9 Å². The molecule has 0 saturated carbocycles.